The first-order valence-corrected chi connectivity index (χ1v) is 7.76. The van der Waals surface area contributed by atoms with E-state index in [2.05, 4.69) is 29.8 Å². The Kier molecular flexibility index (Phi) is 3.41. The summed E-state index contributed by atoms with van der Waals surface area (Å²) in [4.78, 5) is 6.78. The Morgan fingerprint density at radius 2 is 2.20 bits per heavy atom. The molecule has 1 saturated carbocycles. The fraction of sp³-hybridized carbons (Fsp3) is 0.562. The molecule has 3 atom stereocenters. The average molecular weight is 292 g/mol. The van der Waals surface area contributed by atoms with E-state index >= 15 is 0 Å². The Balaban J connectivity index is 2.00. The predicted octanol–water partition coefficient (Wildman–Crippen LogP) is 3.67. The van der Waals surface area contributed by atoms with E-state index in [0.29, 0.717) is 11.9 Å². The zero-order valence-corrected chi connectivity index (χ0v) is 12.9. The van der Waals surface area contributed by atoms with E-state index in [1.54, 1.807) is 0 Å². The quantitative estimate of drug-likeness (QED) is 0.858. The van der Waals surface area contributed by atoms with Crippen LogP contribution in [0.3, 0.4) is 0 Å². The van der Waals surface area contributed by atoms with E-state index in [4.69, 9.17) is 17.3 Å². The van der Waals surface area contributed by atoms with Crippen molar-refractivity contribution in [2.75, 3.05) is 11.4 Å². The molecular formula is C16H22ClN3. The maximum Gasteiger partial charge on any atom is 0.196 e. The van der Waals surface area contributed by atoms with Crippen LogP contribution in [0.5, 0.6) is 0 Å². The van der Waals surface area contributed by atoms with E-state index < -0.39 is 0 Å². The first kappa shape index (κ1) is 13.7. The fourth-order valence-corrected chi connectivity index (χ4v) is 4.03. The number of nitrogens with two attached hydrogens (primary N) is 1. The number of rotatable bonds is 1. The molecule has 0 aromatic heterocycles. The molecule has 0 amide bonds. The summed E-state index contributed by atoms with van der Waals surface area (Å²) in [5.74, 6) is 2.00. The second-order valence-corrected chi connectivity index (χ2v) is 6.81. The number of aliphatic imine (C=N–C) groups is 1. The molecule has 20 heavy (non-hydrogen) atoms. The molecule has 0 bridgehead atoms. The Hall–Kier alpha value is -1.22. The van der Waals surface area contributed by atoms with Crippen LogP contribution in [0.2, 0.25) is 5.02 Å². The van der Waals surface area contributed by atoms with Gasteiger partial charge in [-0.1, -0.05) is 31.5 Å². The number of halogens is 1. The van der Waals surface area contributed by atoms with Crippen LogP contribution in [-0.2, 0) is 0 Å². The van der Waals surface area contributed by atoms with Crippen molar-refractivity contribution in [2.24, 2.45) is 22.6 Å². The minimum atomic E-state index is 0.0429. The first-order valence-electron chi connectivity index (χ1n) is 7.38. The molecule has 1 aliphatic carbocycles. The van der Waals surface area contributed by atoms with Gasteiger partial charge in [-0.05, 0) is 49.3 Å². The summed E-state index contributed by atoms with van der Waals surface area (Å²) >= 11 is 6.15. The van der Waals surface area contributed by atoms with Gasteiger partial charge in [-0.2, -0.15) is 0 Å². The standard InChI is InChI=1S/C16H22ClN3/c1-11-6-7-16(12(2)8-11)10-19-15(18)20(16)14-5-3-4-13(17)9-14/h3-5,9,11-12H,6-8,10H2,1-2H3,(H2,18,19). The molecule has 1 heterocycles. The Bertz CT molecular complexity index is 542. The molecule has 3 unspecified atom stereocenters. The van der Waals surface area contributed by atoms with E-state index in [1.165, 1.54) is 12.8 Å². The van der Waals surface area contributed by atoms with Gasteiger partial charge in [0.15, 0.2) is 5.96 Å². The number of hydrogen-bond acceptors (Lipinski definition) is 3. The topological polar surface area (TPSA) is 41.6 Å². The summed E-state index contributed by atoms with van der Waals surface area (Å²) in [5.41, 5.74) is 7.31. The highest BCUT2D eigenvalue weighted by Gasteiger charge is 2.49. The molecule has 108 valence electrons. The molecule has 1 aromatic rings. The highest BCUT2D eigenvalue weighted by Crippen LogP contribution is 2.45. The molecule has 2 aliphatic rings. The second-order valence-electron chi connectivity index (χ2n) is 6.37. The van der Waals surface area contributed by atoms with Crippen LogP contribution in [0.1, 0.15) is 33.1 Å². The number of anilines is 1. The minimum Gasteiger partial charge on any atom is -0.369 e. The Labute approximate surface area is 125 Å². The van der Waals surface area contributed by atoms with Gasteiger partial charge in [-0.15, -0.1) is 0 Å². The summed E-state index contributed by atoms with van der Waals surface area (Å²) in [6.45, 7) is 5.48. The molecule has 1 fully saturated rings. The van der Waals surface area contributed by atoms with E-state index in [1.807, 2.05) is 18.2 Å². The SMILES string of the molecule is CC1CCC2(CN=C(N)N2c2cccc(Cl)c2)C(C)C1. The van der Waals surface area contributed by atoms with Gasteiger partial charge in [0.25, 0.3) is 0 Å². The van der Waals surface area contributed by atoms with Gasteiger partial charge < -0.3 is 10.6 Å². The largest absolute Gasteiger partial charge is 0.369 e. The third-order valence-electron chi connectivity index (χ3n) is 5.00. The molecule has 2 N–H and O–H groups in total. The number of hydrogen-bond donors (Lipinski definition) is 1. The van der Waals surface area contributed by atoms with Crippen LogP contribution in [0.15, 0.2) is 29.3 Å². The van der Waals surface area contributed by atoms with E-state index in [-0.39, 0.29) is 5.54 Å². The zero-order valence-electron chi connectivity index (χ0n) is 12.1. The average Bonchev–Trinajstić information content (AvgIpc) is 2.73. The van der Waals surface area contributed by atoms with Crippen molar-refractivity contribution >= 4 is 23.2 Å². The van der Waals surface area contributed by atoms with Crippen LogP contribution in [-0.4, -0.2) is 18.0 Å². The molecule has 1 spiro atoms. The summed E-state index contributed by atoms with van der Waals surface area (Å²) in [6.07, 6.45) is 3.62. The highest BCUT2D eigenvalue weighted by molar-refractivity contribution is 6.31. The molecule has 1 aliphatic heterocycles. The molecule has 3 nitrogen and oxygen atoms in total. The lowest BCUT2D eigenvalue weighted by Crippen LogP contribution is -2.58. The Morgan fingerprint density at radius 3 is 2.90 bits per heavy atom. The van der Waals surface area contributed by atoms with E-state index in [0.717, 1.165) is 29.6 Å². The van der Waals surface area contributed by atoms with Crippen molar-refractivity contribution in [3.8, 4) is 0 Å². The lowest BCUT2D eigenvalue weighted by Gasteiger charge is -2.48. The summed E-state index contributed by atoms with van der Waals surface area (Å²) < 4.78 is 0. The van der Waals surface area contributed by atoms with Crippen molar-refractivity contribution in [3.05, 3.63) is 29.3 Å². The maximum atomic E-state index is 6.20. The van der Waals surface area contributed by atoms with Crippen molar-refractivity contribution in [1.82, 2.24) is 0 Å². The van der Waals surface area contributed by atoms with Crippen LogP contribution in [0.25, 0.3) is 0 Å². The van der Waals surface area contributed by atoms with Gasteiger partial charge in [-0.25, -0.2) is 0 Å². The summed E-state index contributed by atoms with van der Waals surface area (Å²) in [6, 6.07) is 7.94. The van der Waals surface area contributed by atoms with Crippen LogP contribution >= 0.6 is 11.6 Å². The normalized spacial score (nSPS) is 33.5. The molecular weight excluding hydrogens is 270 g/mol. The third-order valence-corrected chi connectivity index (χ3v) is 5.23. The molecule has 4 heteroatoms. The lowest BCUT2D eigenvalue weighted by molar-refractivity contribution is 0.180. The molecule has 0 saturated heterocycles. The van der Waals surface area contributed by atoms with Crippen LogP contribution < -0.4 is 10.6 Å². The zero-order chi connectivity index (χ0) is 14.3. The third kappa shape index (κ3) is 2.08. The van der Waals surface area contributed by atoms with Gasteiger partial charge >= 0.3 is 0 Å². The van der Waals surface area contributed by atoms with Gasteiger partial charge in [0, 0.05) is 10.7 Å². The number of nitrogens with zero attached hydrogens (tertiary/aromatic N) is 2. The van der Waals surface area contributed by atoms with Crippen molar-refractivity contribution in [3.63, 3.8) is 0 Å². The van der Waals surface area contributed by atoms with E-state index in [9.17, 15) is 0 Å². The summed E-state index contributed by atoms with van der Waals surface area (Å²) in [5, 5.41) is 0.745. The Morgan fingerprint density at radius 1 is 1.40 bits per heavy atom. The maximum absolute atomic E-state index is 6.20. The lowest BCUT2D eigenvalue weighted by atomic mass is 9.69. The van der Waals surface area contributed by atoms with Crippen molar-refractivity contribution < 1.29 is 0 Å². The van der Waals surface area contributed by atoms with Crippen molar-refractivity contribution in [2.45, 2.75) is 38.6 Å². The number of guanidine groups is 1. The molecule has 0 radical (unpaired) electrons. The van der Waals surface area contributed by atoms with Crippen molar-refractivity contribution in [1.29, 1.82) is 0 Å². The number of benzene rings is 1. The highest BCUT2D eigenvalue weighted by atomic mass is 35.5. The summed E-state index contributed by atoms with van der Waals surface area (Å²) in [7, 11) is 0. The minimum absolute atomic E-state index is 0.0429. The van der Waals surface area contributed by atoms with Crippen LogP contribution in [0.4, 0.5) is 5.69 Å². The van der Waals surface area contributed by atoms with Gasteiger partial charge in [0.1, 0.15) is 0 Å². The van der Waals surface area contributed by atoms with Crippen LogP contribution in [0, 0.1) is 11.8 Å². The van der Waals surface area contributed by atoms with Gasteiger partial charge in [0.05, 0.1) is 12.1 Å². The molecule has 1 aromatic carbocycles. The van der Waals surface area contributed by atoms with Gasteiger partial charge in [0.2, 0.25) is 0 Å². The van der Waals surface area contributed by atoms with Gasteiger partial charge in [-0.3, -0.25) is 4.99 Å². The molecule has 3 rings (SSSR count). The fourth-order valence-electron chi connectivity index (χ4n) is 3.84. The smallest absolute Gasteiger partial charge is 0.196 e. The predicted molar refractivity (Wildman–Crippen MR) is 85.3 cm³/mol. The first-order chi connectivity index (χ1) is 9.53. The monoisotopic (exact) mass is 291 g/mol. The second kappa shape index (κ2) is 4.96.